The van der Waals surface area contributed by atoms with E-state index in [1.807, 2.05) is 26.8 Å². The molecule has 246 valence electrons. The molecule has 0 radical (unpaired) electrons. The third-order valence-corrected chi connectivity index (χ3v) is 8.88. The molecule has 3 N–H and O–H groups in total. The number of unbranched alkanes of at least 4 members (excludes halogenated alkanes) is 2. The van der Waals surface area contributed by atoms with Crippen LogP contribution >= 0.6 is 0 Å². The Morgan fingerprint density at radius 2 is 1.96 bits per heavy atom. The van der Waals surface area contributed by atoms with E-state index in [1.54, 1.807) is 34.8 Å². The summed E-state index contributed by atoms with van der Waals surface area (Å²) in [6.45, 7) is 11.2. The van der Waals surface area contributed by atoms with E-state index in [4.69, 9.17) is 9.47 Å². The topological polar surface area (TPSA) is 88.9 Å². The summed E-state index contributed by atoms with van der Waals surface area (Å²) in [4.78, 5) is 12.8. The fourth-order valence-corrected chi connectivity index (χ4v) is 6.19. The molecule has 1 aliphatic rings. The van der Waals surface area contributed by atoms with Crippen LogP contribution in [0.1, 0.15) is 82.8 Å². The maximum absolute atomic E-state index is 13.7. The zero-order chi connectivity index (χ0) is 33.0. The number of alkyl halides is 3. The molecule has 1 amide bonds. The van der Waals surface area contributed by atoms with Crippen LogP contribution in [-0.4, -0.2) is 74.0 Å². The summed E-state index contributed by atoms with van der Waals surface area (Å²) < 4.78 is 53.2. The molecule has 0 saturated carbocycles. The van der Waals surface area contributed by atoms with Gasteiger partial charge in [0.2, 0.25) is 0 Å². The molecule has 8 nitrogen and oxygen atoms in total. The van der Waals surface area contributed by atoms with Crippen molar-refractivity contribution in [1.82, 2.24) is 14.9 Å². The Morgan fingerprint density at radius 3 is 2.58 bits per heavy atom. The third kappa shape index (κ3) is 10.1. The van der Waals surface area contributed by atoms with E-state index < -0.39 is 25.6 Å². The van der Waals surface area contributed by atoms with Crippen molar-refractivity contribution in [2.75, 3.05) is 37.5 Å². The van der Waals surface area contributed by atoms with E-state index in [0.717, 1.165) is 32.1 Å². The van der Waals surface area contributed by atoms with Gasteiger partial charge < -0.3 is 4.74 Å². The summed E-state index contributed by atoms with van der Waals surface area (Å²) in [6, 6.07) is 10.4. The van der Waals surface area contributed by atoms with Gasteiger partial charge in [0.05, 0.1) is 13.2 Å². The van der Waals surface area contributed by atoms with Gasteiger partial charge in [0.25, 0.3) is 0 Å². The van der Waals surface area contributed by atoms with E-state index >= 15 is 0 Å². The minimum absolute atomic E-state index is 0.0970. The Kier molecular flexibility index (Phi) is 13.5. The second-order valence-corrected chi connectivity index (χ2v) is 13.0. The van der Waals surface area contributed by atoms with E-state index in [2.05, 4.69) is 46.7 Å². The number of fused-ring (bicyclic) bond motifs is 1. The zero-order valence-electron chi connectivity index (χ0n) is 26.9. The third-order valence-electron chi connectivity index (χ3n) is 7.12. The van der Waals surface area contributed by atoms with Gasteiger partial charge in [-0.15, -0.1) is 0 Å². The van der Waals surface area contributed by atoms with Crippen LogP contribution in [0.4, 0.5) is 24.7 Å². The predicted molar refractivity (Wildman–Crippen MR) is 175 cm³/mol. The number of anilines is 2. The van der Waals surface area contributed by atoms with Gasteiger partial charge in [-0.3, -0.25) is 0 Å². The molecule has 0 spiro atoms. The molecule has 3 heterocycles. The number of nitrogens with one attached hydrogen (secondary N) is 3. The molecule has 1 unspecified atom stereocenters. The summed E-state index contributed by atoms with van der Waals surface area (Å²) in [5.41, 5.74) is 1.06. The van der Waals surface area contributed by atoms with E-state index in [-0.39, 0.29) is 28.6 Å². The maximum atomic E-state index is 13.7. The van der Waals surface area contributed by atoms with Crippen molar-refractivity contribution in [2.24, 2.45) is 0 Å². The molecule has 1 aromatic carbocycles. The second-order valence-electron chi connectivity index (χ2n) is 10.8. The molecule has 4 rings (SSSR count). The van der Waals surface area contributed by atoms with Crippen LogP contribution < -0.4 is 25.1 Å². The van der Waals surface area contributed by atoms with Crippen molar-refractivity contribution >= 4 is 42.3 Å². The summed E-state index contributed by atoms with van der Waals surface area (Å²) in [7, 11) is 1.51. The molecule has 0 aliphatic carbocycles. The Balaban J connectivity index is 0.00000271. The van der Waals surface area contributed by atoms with Crippen molar-refractivity contribution < 1.29 is 27.4 Å². The number of ether oxygens (including phenoxy) is 2. The first-order valence-corrected chi connectivity index (χ1v) is 17.1. The van der Waals surface area contributed by atoms with Gasteiger partial charge in [0.1, 0.15) is 0 Å². The molecule has 0 bridgehead atoms. The summed E-state index contributed by atoms with van der Waals surface area (Å²) >= 11 is -1.83. The number of pyridine rings is 1. The van der Waals surface area contributed by atoms with Crippen LogP contribution in [0.15, 0.2) is 36.4 Å². The number of methoxy groups -OCH3 is 1. The molecule has 1 aliphatic heterocycles. The predicted octanol–water partition coefficient (Wildman–Crippen LogP) is 5.97. The van der Waals surface area contributed by atoms with Gasteiger partial charge in [-0.2, -0.15) is 0 Å². The Bertz CT molecular complexity index is 1480. The Hall–Kier alpha value is -3.39. The minimum atomic E-state index is -4.36. The summed E-state index contributed by atoms with van der Waals surface area (Å²) in [5, 5.41) is 9.73. The number of aromatic nitrogens is 2. The fraction of sp³-hybridized carbons (Fsp3) is 0.515. The van der Waals surface area contributed by atoms with Gasteiger partial charge in [-0.25, -0.2) is 0 Å². The van der Waals surface area contributed by atoms with Gasteiger partial charge in [-0.1, -0.05) is 13.8 Å². The van der Waals surface area contributed by atoms with E-state index in [1.165, 1.54) is 7.11 Å². The van der Waals surface area contributed by atoms with Crippen LogP contribution in [-0.2, 0) is 4.74 Å². The number of benzene rings is 1. The first-order chi connectivity index (χ1) is 21.6. The number of halogens is 3. The fourth-order valence-electron chi connectivity index (χ4n) is 4.76. The molecule has 1 atom stereocenters. The molecule has 1 fully saturated rings. The number of carbonyl (C=O) groups is 1. The number of nitrogens with zero attached hydrogens (tertiary/aromatic N) is 2. The quantitative estimate of drug-likeness (QED) is 0.116. The average Bonchev–Trinajstić information content (AvgIpc) is 3.35. The van der Waals surface area contributed by atoms with Gasteiger partial charge in [-0.05, 0) is 6.92 Å². The summed E-state index contributed by atoms with van der Waals surface area (Å²) in [5.74, 6) is 6.68. The first kappa shape index (κ1) is 36.1. The Labute approximate surface area is 270 Å². The van der Waals surface area contributed by atoms with Crippen molar-refractivity contribution in [2.45, 2.75) is 83.4 Å². The molecule has 3 aromatic rings. The van der Waals surface area contributed by atoms with Crippen molar-refractivity contribution in [3.63, 3.8) is 0 Å². The van der Waals surface area contributed by atoms with Crippen LogP contribution in [0, 0.1) is 11.8 Å². The average molecular weight is 695 g/mol. The van der Waals surface area contributed by atoms with Crippen molar-refractivity contribution in [3.8, 4) is 17.6 Å². The first-order valence-electron chi connectivity index (χ1n) is 15.4. The van der Waals surface area contributed by atoms with Gasteiger partial charge >= 0.3 is 232 Å². The number of hydrogen-bond acceptors (Lipinski definition) is 6. The van der Waals surface area contributed by atoms with Gasteiger partial charge in [0.15, 0.2) is 0 Å². The Morgan fingerprint density at radius 1 is 1.20 bits per heavy atom. The van der Waals surface area contributed by atoms with Crippen LogP contribution in [0.5, 0.6) is 5.75 Å². The molecular weight excluding hydrogens is 650 g/mol. The zero-order valence-corrected chi connectivity index (χ0v) is 28.6. The molecular formula is C33H44F3N5O3Se. The summed E-state index contributed by atoms with van der Waals surface area (Å²) in [6.07, 6.45) is 5.19. The second kappa shape index (κ2) is 16.8. The SMILES string of the molecule is CC.CCCCCC(CC)Nc1cccc2c([Se]C(F)(F)F)c(C#CCNc3cc(C(=O)NC4(C)COC4)ccc3OC)nn12. The number of rotatable bonds is 13. The van der Waals surface area contributed by atoms with Crippen LogP contribution in [0.25, 0.3) is 5.52 Å². The van der Waals surface area contributed by atoms with E-state index in [9.17, 15) is 18.0 Å². The van der Waals surface area contributed by atoms with Crippen LogP contribution in [0.3, 0.4) is 0 Å². The van der Waals surface area contributed by atoms with Crippen molar-refractivity contribution in [3.05, 3.63) is 47.7 Å². The van der Waals surface area contributed by atoms with Crippen molar-refractivity contribution in [1.29, 1.82) is 0 Å². The number of amides is 1. The molecule has 45 heavy (non-hydrogen) atoms. The standard InChI is InChI=1S/C31H38F3N5O3Se.C2H6/c1-5-7-8-11-22(6-2)36-27-14-9-13-25-28(43-31(32,33)34)23(38-39(25)27)12-10-17-35-24-18-21(15-16-26(24)41-4)29(40)37-30(3)19-42-20-30;1-2/h9,13-16,18,22,35-36H,5-8,11,17,19-20H2,1-4H3,(H,37,40);1-2H3. The van der Waals surface area contributed by atoms with Crippen LogP contribution in [0.2, 0.25) is 0 Å². The number of carbonyl (C=O) groups excluding carboxylic acids is 1. The normalized spacial score (nSPS) is 14.2. The molecule has 2 aromatic heterocycles. The number of hydrogen-bond donors (Lipinski definition) is 3. The van der Waals surface area contributed by atoms with E-state index in [0.29, 0.717) is 41.5 Å². The van der Waals surface area contributed by atoms with Gasteiger partial charge in [0, 0.05) is 0 Å². The molecule has 1 saturated heterocycles. The monoisotopic (exact) mass is 695 g/mol. The molecule has 12 heteroatoms.